The van der Waals surface area contributed by atoms with Crippen molar-refractivity contribution in [2.45, 2.75) is 82.7 Å². The van der Waals surface area contributed by atoms with Crippen LogP contribution in [-0.2, 0) is 19.6 Å². The molecular formula is C23H38N4O6S. The van der Waals surface area contributed by atoms with Crippen molar-refractivity contribution in [3.8, 4) is 0 Å². The molecule has 0 aliphatic carbocycles. The summed E-state index contributed by atoms with van der Waals surface area (Å²) in [6, 6.07) is 3.18. The van der Waals surface area contributed by atoms with Crippen molar-refractivity contribution in [2.24, 2.45) is 5.92 Å². The minimum absolute atomic E-state index is 0.0827. The fourth-order valence-corrected chi connectivity index (χ4v) is 5.18. The Kier molecular flexibility index (Phi) is 9.44. The van der Waals surface area contributed by atoms with Crippen molar-refractivity contribution >= 4 is 22.0 Å². The van der Waals surface area contributed by atoms with Crippen LogP contribution in [-0.4, -0.2) is 83.6 Å². The summed E-state index contributed by atoms with van der Waals surface area (Å²) >= 11 is 0. The molecule has 1 aromatic rings. The molecule has 1 aliphatic rings. The molecule has 2 N–H and O–H groups in total. The van der Waals surface area contributed by atoms with Crippen LogP contribution in [0.3, 0.4) is 0 Å². The smallest absolute Gasteiger partial charge is 0.410 e. The second-order valence-electron chi connectivity index (χ2n) is 10.1. The highest BCUT2D eigenvalue weighted by Gasteiger charge is 2.36. The number of aromatic nitrogens is 1. The molecule has 34 heavy (non-hydrogen) atoms. The van der Waals surface area contributed by atoms with E-state index in [-0.39, 0.29) is 24.0 Å². The molecule has 0 radical (unpaired) electrons. The molecule has 0 aromatic carbocycles. The molecule has 11 heteroatoms. The van der Waals surface area contributed by atoms with Gasteiger partial charge in [0, 0.05) is 26.3 Å². The Hall–Kier alpha value is -2.24. The Labute approximate surface area is 202 Å². The Morgan fingerprint density at radius 2 is 2.00 bits per heavy atom. The van der Waals surface area contributed by atoms with Crippen LogP contribution in [0, 0.1) is 5.92 Å². The molecule has 2 rings (SSSR count). The zero-order valence-electron chi connectivity index (χ0n) is 20.9. The normalized spacial score (nSPS) is 20.9. The first kappa shape index (κ1) is 28.0. The maximum absolute atomic E-state index is 13.2. The van der Waals surface area contributed by atoms with Gasteiger partial charge in [0.1, 0.15) is 11.6 Å². The molecule has 0 saturated carbocycles. The average Bonchev–Trinajstić information content (AvgIpc) is 2.92. The highest BCUT2D eigenvalue weighted by atomic mass is 32.2. The molecule has 2 amide bonds. The minimum Gasteiger partial charge on any atom is -0.444 e. The molecule has 192 valence electrons. The fraction of sp³-hybridized carbons (Fsp3) is 0.696. The molecule has 2 unspecified atom stereocenters. The van der Waals surface area contributed by atoms with Gasteiger partial charge in [-0.3, -0.25) is 9.69 Å². The Morgan fingerprint density at radius 1 is 1.32 bits per heavy atom. The van der Waals surface area contributed by atoms with Gasteiger partial charge in [-0.25, -0.2) is 18.2 Å². The summed E-state index contributed by atoms with van der Waals surface area (Å²) in [5, 5.41) is 13.6. The van der Waals surface area contributed by atoms with Gasteiger partial charge in [-0.15, -0.1) is 0 Å². The molecule has 2 heterocycles. The number of nitrogens with one attached hydrogen (secondary N) is 1. The number of rotatable bonds is 7. The van der Waals surface area contributed by atoms with Crippen LogP contribution < -0.4 is 5.32 Å². The topological polar surface area (TPSA) is 129 Å². The summed E-state index contributed by atoms with van der Waals surface area (Å²) in [7, 11) is -2.35. The van der Waals surface area contributed by atoms with Gasteiger partial charge >= 0.3 is 6.09 Å². The third-order valence-electron chi connectivity index (χ3n) is 5.49. The van der Waals surface area contributed by atoms with Crippen LogP contribution in [0.1, 0.15) is 53.9 Å². The monoisotopic (exact) mass is 498 g/mol. The van der Waals surface area contributed by atoms with Crippen molar-refractivity contribution in [1.29, 1.82) is 0 Å². The van der Waals surface area contributed by atoms with Crippen LogP contribution in [0.5, 0.6) is 0 Å². The van der Waals surface area contributed by atoms with Gasteiger partial charge in [0.05, 0.1) is 12.1 Å². The number of ether oxygens (including phenoxy) is 1. The lowest BCUT2D eigenvalue weighted by Gasteiger charge is -2.32. The van der Waals surface area contributed by atoms with Crippen LogP contribution in [0.2, 0.25) is 0 Å². The third-order valence-corrected chi connectivity index (χ3v) is 7.28. The summed E-state index contributed by atoms with van der Waals surface area (Å²) < 4.78 is 32.5. The highest BCUT2D eigenvalue weighted by Crippen LogP contribution is 2.21. The number of carbonyl (C=O) groups is 2. The number of likely N-dealkylation sites (N-methyl/N-ethyl adjacent to an activating group) is 1. The maximum atomic E-state index is 13.2. The SMILES string of the molecule is CC(C)CC(C(=O)NC1CCCN(S(=O)(=O)c2ccccn2)C[C@@H]1O)N(C)C(=O)OC(C)(C)C. The lowest BCUT2D eigenvalue weighted by atomic mass is 10.0. The number of hydrogen-bond acceptors (Lipinski definition) is 7. The van der Waals surface area contributed by atoms with E-state index in [1.807, 2.05) is 13.8 Å². The first-order chi connectivity index (χ1) is 15.7. The second kappa shape index (κ2) is 11.5. The van der Waals surface area contributed by atoms with E-state index in [4.69, 9.17) is 4.74 Å². The Balaban J connectivity index is 2.13. The number of pyridine rings is 1. The number of hydrogen-bond donors (Lipinski definition) is 2. The van der Waals surface area contributed by atoms with Crippen molar-refractivity contribution < 1.29 is 27.9 Å². The maximum Gasteiger partial charge on any atom is 0.410 e. The third kappa shape index (κ3) is 7.64. The van der Waals surface area contributed by atoms with Gasteiger partial charge in [-0.2, -0.15) is 4.31 Å². The standard InChI is InChI=1S/C23H38N4O6S/c1-16(2)14-18(26(6)22(30)33-23(3,4)5)21(29)25-17-10-9-13-27(15-19(17)28)34(31,32)20-11-7-8-12-24-20/h7-8,11-12,16-19,28H,9-10,13-15H2,1-6H3,(H,25,29)/t17?,18?,19-/m0/s1. The zero-order chi connectivity index (χ0) is 25.7. The van der Waals surface area contributed by atoms with Gasteiger partial charge in [-0.05, 0) is 58.1 Å². The van der Waals surface area contributed by atoms with E-state index in [0.717, 1.165) is 0 Å². The fourth-order valence-electron chi connectivity index (χ4n) is 3.75. The van der Waals surface area contributed by atoms with Crippen LogP contribution in [0.4, 0.5) is 4.79 Å². The summed E-state index contributed by atoms with van der Waals surface area (Å²) in [6.45, 7) is 9.19. The lowest BCUT2D eigenvalue weighted by molar-refractivity contribution is -0.128. The molecule has 0 bridgehead atoms. The molecule has 1 aliphatic heterocycles. The van der Waals surface area contributed by atoms with E-state index in [9.17, 15) is 23.1 Å². The van der Waals surface area contributed by atoms with Gasteiger partial charge in [-0.1, -0.05) is 19.9 Å². The minimum atomic E-state index is -3.86. The molecule has 1 saturated heterocycles. The lowest BCUT2D eigenvalue weighted by Crippen LogP contribution is -2.54. The van der Waals surface area contributed by atoms with Crippen molar-refractivity contribution in [1.82, 2.24) is 19.5 Å². The predicted octanol–water partition coefficient (Wildman–Crippen LogP) is 1.99. The van der Waals surface area contributed by atoms with E-state index in [2.05, 4.69) is 10.3 Å². The number of β-amino-alcohol motifs (C(OH)–C–C–N with tert-alkyl or cyclic N) is 1. The van der Waals surface area contributed by atoms with E-state index in [1.54, 1.807) is 32.9 Å². The number of amides is 2. The number of sulfonamides is 1. The summed E-state index contributed by atoms with van der Waals surface area (Å²) in [4.78, 5) is 31.0. The quantitative estimate of drug-likeness (QED) is 0.588. The zero-order valence-corrected chi connectivity index (χ0v) is 21.7. The van der Waals surface area contributed by atoms with E-state index < -0.39 is 45.8 Å². The molecule has 10 nitrogen and oxygen atoms in total. The van der Waals surface area contributed by atoms with E-state index >= 15 is 0 Å². The predicted molar refractivity (Wildman–Crippen MR) is 127 cm³/mol. The van der Waals surface area contributed by atoms with Crippen molar-refractivity contribution in [3.63, 3.8) is 0 Å². The number of nitrogens with zero attached hydrogens (tertiary/aromatic N) is 3. The number of aliphatic hydroxyl groups excluding tert-OH is 1. The molecule has 1 aromatic heterocycles. The highest BCUT2D eigenvalue weighted by molar-refractivity contribution is 7.89. The van der Waals surface area contributed by atoms with E-state index in [0.29, 0.717) is 19.3 Å². The Morgan fingerprint density at radius 3 is 2.56 bits per heavy atom. The summed E-state index contributed by atoms with van der Waals surface area (Å²) in [5.41, 5.74) is -0.704. The van der Waals surface area contributed by atoms with Crippen LogP contribution >= 0.6 is 0 Å². The van der Waals surface area contributed by atoms with Gasteiger partial charge < -0.3 is 15.2 Å². The van der Waals surface area contributed by atoms with Gasteiger partial charge in [0.2, 0.25) is 5.91 Å². The molecule has 1 fully saturated rings. The average molecular weight is 499 g/mol. The summed E-state index contributed by atoms with van der Waals surface area (Å²) in [5.74, 6) is -0.286. The first-order valence-corrected chi connectivity index (χ1v) is 13.0. The van der Waals surface area contributed by atoms with Crippen LogP contribution in [0.25, 0.3) is 0 Å². The number of carbonyl (C=O) groups excluding carboxylic acids is 2. The summed E-state index contributed by atoms with van der Waals surface area (Å²) in [6.07, 6.45) is 0.931. The Bertz CT molecular complexity index is 933. The number of aliphatic hydroxyl groups is 1. The van der Waals surface area contributed by atoms with Gasteiger partial charge in [0.15, 0.2) is 5.03 Å². The largest absolute Gasteiger partial charge is 0.444 e. The van der Waals surface area contributed by atoms with E-state index in [1.165, 1.54) is 28.5 Å². The molecule has 3 atom stereocenters. The molecule has 0 spiro atoms. The first-order valence-electron chi connectivity index (χ1n) is 11.6. The van der Waals surface area contributed by atoms with Crippen molar-refractivity contribution in [2.75, 3.05) is 20.1 Å². The van der Waals surface area contributed by atoms with Gasteiger partial charge in [0.25, 0.3) is 10.0 Å². The van der Waals surface area contributed by atoms with Crippen LogP contribution in [0.15, 0.2) is 29.4 Å². The second-order valence-corrected chi connectivity index (χ2v) is 12.0. The molecular weight excluding hydrogens is 460 g/mol. The van der Waals surface area contributed by atoms with Crippen molar-refractivity contribution in [3.05, 3.63) is 24.4 Å².